The first-order valence-corrected chi connectivity index (χ1v) is 11.1. The minimum Gasteiger partial charge on any atom is -0.276 e. The van der Waals surface area contributed by atoms with Crippen LogP contribution in [0.1, 0.15) is 6.92 Å². The number of rotatable bonds is 9. The van der Waals surface area contributed by atoms with E-state index in [4.69, 9.17) is 0 Å². The Morgan fingerprint density at radius 1 is 0.806 bits per heavy atom. The number of hydrazine groups is 1. The smallest absolute Gasteiger partial charge is 0.269 e. The van der Waals surface area contributed by atoms with Crippen molar-refractivity contribution in [2.24, 2.45) is 0 Å². The highest BCUT2D eigenvalue weighted by Crippen LogP contribution is 2.16. The van der Waals surface area contributed by atoms with Crippen molar-refractivity contribution in [3.63, 3.8) is 0 Å². The third-order valence-electron chi connectivity index (χ3n) is 3.75. The molecule has 1 atom stereocenters. The van der Waals surface area contributed by atoms with Gasteiger partial charge in [-0.3, -0.25) is 30.4 Å². The topological polar surface area (TPSA) is 208 Å². The Balaban J connectivity index is 2.02. The van der Waals surface area contributed by atoms with Gasteiger partial charge in [-0.05, 0) is 31.2 Å². The normalized spacial score (nSPS) is 12.7. The third kappa shape index (κ3) is 6.01. The molecule has 2 rings (SSSR count). The largest absolute Gasteiger partial charge is 0.276 e. The molecule has 0 aliphatic heterocycles. The van der Waals surface area contributed by atoms with Gasteiger partial charge in [0.25, 0.3) is 27.3 Å². The average molecular weight is 473 g/mol. The molecule has 16 heteroatoms. The second-order valence-corrected chi connectivity index (χ2v) is 9.34. The van der Waals surface area contributed by atoms with E-state index in [9.17, 15) is 41.9 Å². The molecular weight excluding hydrogens is 458 g/mol. The average Bonchev–Trinajstić information content (AvgIpc) is 2.71. The summed E-state index contributed by atoms with van der Waals surface area (Å²) in [6, 6.07) is 6.27. The number of carbonyl (C=O) groups is 1. The van der Waals surface area contributed by atoms with E-state index in [0.717, 1.165) is 55.5 Å². The number of nitrogens with one attached hydrogen (secondary N) is 3. The molecular formula is C15H15N5O9S2. The van der Waals surface area contributed by atoms with Gasteiger partial charge in [0, 0.05) is 24.3 Å². The zero-order valence-electron chi connectivity index (χ0n) is 15.6. The summed E-state index contributed by atoms with van der Waals surface area (Å²) in [6.45, 7) is 1.14. The molecule has 2 aromatic rings. The summed E-state index contributed by atoms with van der Waals surface area (Å²) in [5.74, 6) is -1.06. The van der Waals surface area contributed by atoms with Gasteiger partial charge in [0.2, 0.25) is 10.0 Å². The van der Waals surface area contributed by atoms with Crippen LogP contribution < -0.4 is 15.0 Å². The van der Waals surface area contributed by atoms with E-state index in [1.165, 1.54) is 0 Å². The first-order chi connectivity index (χ1) is 14.3. The number of nitrogens with zero attached hydrogens (tertiary/aromatic N) is 2. The number of sulfonamides is 2. The van der Waals surface area contributed by atoms with Crippen LogP contribution in [0.2, 0.25) is 0 Å². The first-order valence-electron chi connectivity index (χ1n) is 8.16. The van der Waals surface area contributed by atoms with Crippen molar-refractivity contribution in [3.8, 4) is 0 Å². The summed E-state index contributed by atoms with van der Waals surface area (Å²) >= 11 is 0. The van der Waals surface area contributed by atoms with Gasteiger partial charge < -0.3 is 0 Å². The van der Waals surface area contributed by atoms with Gasteiger partial charge >= 0.3 is 0 Å². The number of nitro benzene ring substituents is 2. The molecule has 3 N–H and O–H groups in total. The Hall–Kier alpha value is -3.47. The molecule has 31 heavy (non-hydrogen) atoms. The van der Waals surface area contributed by atoms with E-state index >= 15 is 0 Å². The molecule has 0 aliphatic rings. The predicted octanol–water partition coefficient (Wildman–Crippen LogP) is 0.180. The van der Waals surface area contributed by atoms with Crippen LogP contribution in [-0.2, 0) is 24.8 Å². The van der Waals surface area contributed by atoms with Crippen LogP contribution in [0.4, 0.5) is 11.4 Å². The van der Waals surface area contributed by atoms with Gasteiger partial charge in [0.15, 0.2) is 0 Å². The molecule has 1 amide bonds. The quantitative estimate of drug-likeness (QED) is 0.334. The summed E-state index contributed by atoms with van der Waals surface area (Å²) < 4.78 is 50.9. The zero-order chi connectivity index (χ0) is 23.4. The minimum absolute atomic E-state index is 0.328. The van der Waals surface area contributed by atoms with E-state index in [1.54, 1.807) is 4.83 Å². The van der Waals surface area contributed by atoms with Gasteiger partial charge in [-0.2, -0.15) is 4.72 Å². The van der Waals surface area contributed by atoms with E-state index in [-0.39, 0.29) is 21.2 Å². The SMILES string of the molecule is C[C@H](NS(=O)(=O)c1ccc([N+](=O)[O-])cc1)C(=O)NNS(=O)(=O)c1ccc([N+](=O)[O-])cc1. The molecule has 0 saturated carbocycles. The van der Waals surface area contributed by atoms with Crippen molar-refractivity contribution in [2.75, 3.05) is 0 Å². The fraction of sp³-hybridized carbons (Fsp3) is 0.133. The van der Waals surface area contributed by atoms with Gasteiger partial charge in [-0.1, -0.05) is 0 Å². The van der Waals surface area contributed by atoms with Gasteiger partial charge in [-0.25, -0.2) is 16.8 Å². The molecule has 0 heterocycles. The maximum Gasteiger partial charge on any atom is 0.269 e. The number of amides is 1. The number of carbonyl (C=O) groups excluding carboxylic acids is 1. The van der Waals surface area contributed by atoms with Crippen molar-refractivity contribution in [1.82, 2.24) is 15.0 Å². The predicted molar refractivity (Wildman–Crippen MR) is 104 cm³/mol. The molecule has 166 valence electrons. The number of non-ortho nitro benzene ring substituents is 2. The molecule has 0 saturated heterocycles. The van der Waals surface area contributed by atoms with Gasteiger partial charge in [0.1, 0.15) is 0 Å². The highest BCUT2D eigenvalue weighted by Gasteiger charge is 2.24. The van der Waals surface area contributed by atoms with E-state index < -0.39 is 41.8 Å². The lowest BCUT2D eigenvalue weighted by molar-refractivity contribution is -0.385. The fourth-order valence-electron chi connectivity index (χ4n) is 2.13. The molecule has 0 aliphatic carbocycles. The van der Waals surface area contributed by atoms with Gasteiger partial charge in [-0.15, -0.1) is 4.83 Å². The van der Waals surface area contributed by atoms with Crippen LogP contribution in [0.3, 0.4) is 0 Å². The minimum atomic E-state index is -4.29. The highest BCUT2D eigenvalue weighted by atomic mass is 32.2. The Morgan fingerprint density at radius 2 is 1.19 bits per heavy atom. The van der Waals surface area contributed by atoms with E-state index in [2.05, 4.69) is 0 Å². The standard InChI is InChI=1S/C15H15N5O9S2/c1-10(17-30(26,27)13-6-2-11(3-7-13)19(22)23)15(21)16-18-31(28,29)14-8-4-12(5-9-14)20(24)25/h2-10,17-18H,1H3,(H,16,21)/t10-/m0/s1. The number of hydrogen-bond acceptors (Lipinski definition) is 9. The number of nitro groups is 2. The van der Waals surface area contributed by atoms with Crippen molar-refractivity contribution < 1.29 is 31.5 Å². The van der Waals surface area contributed by atoms with Crippen molar-refractivity contribution >= 4 is 37.3 Å². The number of benzene rings is 2. The third-order valence-corrected chi connectivity index (χ3v) is 6.57. The van der Waals surface area contributed by atoms with E-state index in [0.29, 0.717) is 0 Å². The summed E-state index contributed by atoms with van der Waals surface area (Å²) in [5.41, 5.74) is 1.17. The van der Waals surface area contributed by atoms with Crippen molar-refractivity contribution in [1.29, 1.82) is 0 Å². The molecule has 0 bridgehead atoms. The molecule has 14 nitrogen and oxygen atoms in total. The molecule has 0 fully saturated rings. The number of hydrogen-bond donors (Lipinski definition) is 3. The molecule has 0 aromatic heterocycles. The first kappa shape index (κ1) is 23.8. The van der Waals surface area contributed by atoms with Crippen LogP contribution in [-0.4, -0.2) is 38.6 Å². The second kappa shape index (κ2) is 9.13. The van der Waals surface area contributed by atoms with Crippen molar-refractivity contribution in [2.45, 2.75) is 22.8 Å². The Bertz CT molecular complexity index is 1210. The Kier molecular flexibility index (Phi) is 7.01. The molecule has 0 radical (unpaired) electrons. The lowest BCUT2D eigenvalue weighted by atomic mass is 10.3. The van der Waals surface area contributed by atoms with Crippen LogP contribution in [0.25, 0.3) is 0 Å². The summed E-state index contributed by atoms with van der Waals surface area (Å²) in [5, 5.41) is 21.2. The Morgan fingerprint density at radius 3 is 1.58 bits per heavy atom. The molecule has 2 aromatic carbocycles. The molecule has 0 spiro atoms. The van der Waals surface area contributed by atoms with Crippen LogP contribution in [0.5, 0.6) is 0 Å². The van der Waals surface area contributed by atoms with Gasteiger partial charge in [0.05, 0.1) is 25.7 Å². The summed E-state index contributed by atoms with van der Waals surface area (Å²) in [4.78, 5) is 32.9. The fourth-order valence-corrected chi connectivity index (χ4v) is 4.18. The lowest BCUT2D eigenvalue weighted by Crippen LogP contribution is -2.50. The lowest BCUT2D eigenvalue weighted by Gasteiger charge is -2.15. The second-order valence-electron chi connectivity index (χ2n) is 5.94. The van der Waals surface area contributed by atoms with Crippen LogP contribution >= 0.6 is 0 Å². The zero-order valence-corrected chi connectivity index (χ0v) is 17.2. The molecule has 0 unspecified atom stereocenters. The van der Waals surface area contributed by atoms with Crippen LogP contribution in [0, 0.1) is 20.2 Å². The summed E-state index contributed by atoms with van der Waals surface area (Å²) in [6.07, 6.45) is 0. The maximum absolute atomic E-state index is 12.3. The maximum atomic E-state index is 12.3. The summed E-state index contributed by atoms with van der Waals surface area (Å²) in [7, 11) is -8.53. The van der Waals surface area contributed by atoms with Crippen molar-refractivity contribution in [3.05, 3.63) is 68.8 Å². The monoisotopic (exact) mass is 473 g/mol. The van der Waals surface area contributed by atoms with Crippen LogP contribution in [0.15, 0.2) is 58.3 Å². The Labute approximate surface area is 175 Å². The van der Waals surface area contributed by atoms with E-state index in [1.807, 2.05) is 10.1 Å². The highest BCUT2D eigenvalue weighted by molar-refractivity contribution is 7.89.